The normalized spacial score (nSPS) is 15.2. The molecule has 0 unspecified atom stereocenters. The molecule has 0 aliphatic carbocycles. The first-order valence-corrected chi connectivity index (χ1v) is 9.09. The second-order valence-corrected chi connectivity index (χ2v) is 7.39. The minimum absolute atomic E-state index is 0.643. The number of hydrogen-bond acceptors (Lipinski definition) is 6. The van der Waals surface area contributed by atoms with Gasteiger partial charge in [-0.05, 0) is 57.5 Å². The highest BCUT2D eigenvalue weighted by Gasteiger charge is 2.19. The summed E-state index contributed by atoms with van der Waals surface area (Å²) >= 11 is 1.71. The van der Waals surface area contributed by atoms with E-state index < -0.39 is 0 Å². The predicted molar refractivity (Wildman–Crippen MR) is 95.7 cm³/mol. The summed E-state index contributed by atoms with van der Waals surface area (Å²) in [5, 5.41) is 1.02. The molecule has 4 heterocycles. The minimum atomic E-state index is 0.643. The van der Waals surface area contributed by atoms with Gasteiger partial charge in [-0.3, -0.25) is 9.88 Å². The zero-order valence-corrected chi connectivity index (χ0v) is 14.8. The molecule has 0 spiro atoms. The van der Waals surface area contributed by atoms with Crippen molar-refractivity contribution in [1.29, 1.82) is 0 Å². The zero-order valence-electron chi connectivity index (χ0n) is 14.0. The summed E-state index contributed by atoms with van der Waals surface area (Å²) < 4.78 is 6.07. The summed E-state index contributed by atoms with van der Waals surface area (Å²) in [6.45, 7) is 7.27. The minimum Gasteiger partial charge on any atom is -0.437 e. The first-order valence-electron chi connectivity index (χ1n) is 8.27. The van der Waals surface area contributed by atoms with Crippen LogP contribution in [0.1, 0.15) is 29.1 Å². The van der Waals surface area contributed by atoms with E-state index in [2.05, 4.69) is 23.7 Å². The maximum absolute atomic E-state index is 6.07. The van der Waals surface area contributed by atoms with Crippen LogP contribution in [0.4, 0.5) is 0 Å². The Morgan fingerprint density at radius 3 is 2.79 bits per heavy atom. The van der Waals surface area contributed by atoms with E-state index >= 15 is 0 Å². The highest BCUT2D eigenvalue weighted by molar-refractivity contribution is 7.18. The van der Waals surface area contributed by atoms with E-state index in [9.17, 15) is 0 Å². The van der Waals surface area contributed by atoms with Crippen molar-refractivity contribution in [2.75, 3.05) is 13.1 Å². The maximum Gasteiger partial charge on any atom is 0.231 e. The lowest BCUT2D eigenvalue weighted by atomic mass is 10.2. The summed E-state index contributed by atoms with van der Waals surface area (Å²) in [5.74, 6) is 2.18. The number of nitrogens with zero attached hydrogens (tertiary/aromatic N) is 4. The van der Waals surface area contributed by atoms with Gasteiger partial charge in [0.15, 0.2) is 0 Å². The van der Waals surface area contributed by atoms with E-state index in [-0.39, 0.29) is 0 Å². The molecular formula is C18H20N4OS. The molecular weight excluding hydrogens is 320 g/mol. The van der Waals surface area contributed by atoms with Gasteiger partial charge in [-0.25, -0.2) is 4.98 Å². The molecule has 4 rings (SSSR count). The molecule has 0 bridgehead atoms. The molecule has 0 amide bonds. The lowest BCUT2D eigenvalue weighted by molar-refractivity contribution is 0.321. The SMILES string of the molecule is Cc1sc2nc(CN3CCCC3)nc(Oc3cccnc3)c2c1C. The molecule has 0 saturated carbocycles. The number of aryl methyl sites for hydroxylation is 2. The first-order chi connectivity index (χ1) is 11.7. The molecule has 1 saturated heterocycles. The topological polar surface area (TPSA) is 51.1 Å². The van der Waals surface area contributed by atoms with Crippen molar-refractivity contribution < 1.29 is 4.74 Å². The van der Waals surface area contributed by atoms with Gasteiger partial charge in [0.2, 0.25) is 5.88 Å². The van der Waals surface area contributed by atoms with Crippen LogP contribution in [0.5, 0.6) is 11.6 Å². The zero-order chi connectivity index (χ0) is 16.5. The van der Waals surface area contributed by atoms with Crippen molar-refractivity contribution in [2.24, 2.45) is 0 Å². The maximum atomic E-state index is 6.07. The van der Waals surface area contributed by atoms with Crippen LogP contribution in [-0.2, 0) is 6.54 Å². The fraction of sp³-hybridized carbons (Fsp3) is 0.389. The highest BCUT2D eigenvalue weighted by Crippen LogP contribution is 2.36. The number of ether oxygens (including phenoxy) is 1. The smallest absolute Gasteiger partial charge is 0.231 e. The average Bonchev–Trinajstić information content (AvgIpc) is 3.17. The fourth-order valence-electron chi connectivity index (χ4n) is 3.06. The fourth-order valence-corrected chi connectivity index (χ4v) is 4.10. The Bertz CT molecular complexity index is 856. The van der Waals surface area contributed by atoms with Crippen LogP contribution < -0.4 is 4.74 Å². The Balaban J connectivity index is 1.76. The van der Waals surface area contributed by atoms with Crippen LogP contribution in [0.25, 0.3) is 10.2 Å². The predicted octanol–water partition coefficient (Wildman–Crippen LogP) is 4.09. The van der Waals surface area contributed by atoms with Crippen LogP contribution in [0.15, 0.2) is 24.5 Å². The van der Waals surface area contributed by atoms with Gasteiger partial charge in [-0.15, -0.1) is 11.3 Å². The number of likely N-dealkylation sites (tertiary alicyclic amines) is 1. The molecule has 0 aromatic carbocycles. The molecule has 1 fully saturated rings. The Hall–Kier alpha value is -2.05. The van der Waals surface area contributed by atoms with Gasteiger partial charge in [-0.2, -0.15) is 4.98 Å². The highest BCUT2D eigenvalue weighted by atomic mass is 32.1. The van der Waals surface area contributed by atoms with Crippen LogP contribution in [0.3, 0.4) is 0 Å². The molecule has 0 radical (unpaired) electrons. The van der Waals surface area contributed by atoms with Crippen molar-refractivity contribution in [1.82, 2.24) is 19.9 Å². The molecule has 3 aromatic rings. The molecule has 0 N–H and O–H groups in total. The second kappa shape index (κ2) is 6.45. The monoisotopic (exact) mass is 340 g/mol. The van der Waals surface area contributed by atoms with Gasteiger partial charge in [-0.1, -0.05) is 0 Å². The van der Waals surface area contributed by atoms with Gasteiger partial charge in [0.1, 0.15) is 16.4 Å². The van der Waals surface area contributed by atoms with Crippen LogP contribution in [0, 0.1) is 13.8 Å². The third-order valence-corrected chi connectivity index (χ3v) is 5.56. The first kappa shape index (κ1) is 15.5. The van der Waals surface area contributed by atoms with E-state index in [1.807, 2.05) is 12.1 Å². The summed E-state index contributed by atoms with van der Waals surface area (Å²) in [4.78, 5) is 18.3. The molecule has 124 valence electrons. The average molecular weight is 340 g/mol. The van der Waals surface area contributed by atoms with Gasteiger partial charge in [0, 0.05) is 11.1 Å². The summed E-state index contributed by atoms with van der Waals surface area (Å²) in [5.41, 5.74) is 1.20. The number of hydrogen-bond donors (Lipinski definition) is 0. The summed E-state index contributed by atoms with van der Waals surface area (Å²) in [7, 11) is 0. The Morgan fingerprint density at radius 2 is 2.04 bits per heavy atom. The Morgan fingerprint density at radius 1 is 1.21 bits per heavy atom. The van der Waals surface area contributed by atoms with Crippen LogP contribution in [0.2, 0.25) is 0 Å². The largest absolute Gasteiger partial charge is 0.437 e. The molecule has 0 atom stereocenters. The van der Waals surface area contributed by atoms with E-state index in [0.29, 0.717) is 11.6 Å². The molecule has 1 aliphatic heterocycles. The summed E-state index contributed by atoms with van der Waals surface area (Å²) in [6, 6.07) is 3.76. The van der Waals surface area contributed by atoms with E-state index in [1.54, 1.807) is 23.7 Å². The third kappa shape index (κ3) is 2.99. The van der Waals surface area contributed by atoms with Gasteiger partial charge in [0.05, 0.1) is 18.1 Å². The number of pyridine rings is 1. The number of thiophene rings is 1. The lowest BCUT2D eigenvalue weighted by Gasteiger charge is -2.14. The lowest BCUT2D eigenvalue weighted by Crippen LogP contribution is -2.20. The van der Waals surface area contributed by atoms with Crippen molar-refractivity contribution in [3.63, 3.8) is 0 Å². The standard InChI is InChI=1S/C18H20N4OS/c1-12-13(2)24-18-16(12)17(23-14-6-5-7-19-10-14)20-15(21-18)11-22-8-3-4-9-22/h5-7,10H,3-4,8-9,11H2,1-2H3. The molecule has 1 aliphatic rings. The van der Waals surface area contributed by atoms with Gasteiger partial charge < -0.3 is 4.74 Å². The van der Waals surface area contributed by atoms with Crippen molar-refractivity contribution >= 4 is 21.6 Å². The van der Waals surface area contributed by atoms with E-state index in [0.717, 1.165) is 35.7 Å². The van der Waals surface area contributed by atoms with Crippen molar-refractivity contribution in [2.45, 2.75) is 33.2 Å². The number of aromatic nitrogens is 3. The third-order valence-electron chi connectivity index (χ3n) is 4.45. The molecule has 3 aromatic heterocycles. The van der Waals surface area contributed by atoms with Gasteiger partial charge >= 0.3 is 0 Å². The summed E-state index contributed by atoms with van der Waals surface area (Å²) in [6.07, 6.45) is 5.97. The van der Waals surface area contributed by atoms with Crippen molar-refractivity contribution in [3.05, 3.63) is 40.8 Å². The number of fused-ring (bicyclic) bond motifs is 1. The molecule has 6 heteroatoms. The van der Waals surface area contributed by atoms with Gasteiger partial charge in [0.25, 0.3) is 0 Å². The van der Waals surface area contributed by atoms with Crippen LogP contribution in [-0.4, -0.2) is 32.9 Å². The second-order valence-electron chi connectivity index (χ2n) is 6.18. The molecule has 5 nitrogen and oxygen atoms in total. The van der Waals surface area contributed by atoms with E-state index in [1.165, 1.54) is 23.3 Å². The van der Waals surface area contributed by atoms with Crippen LogP contribution >= 0.6 is 11.3 Å². The molecule has 24 heavy (non-hydrogen) atoms. The van der Waals surface area contributed by atoms with E-state index in [4.69, 9.17) is 14.7 Å². The Kier molecular flexibility index (Phi) is 4.16. The quantitative estimate of drug-likeness (QED) is 0.716. The Labute approximate surface area is 145 Å². The van der Waals surface area contributed by atoms with Crippen molar-refractivity contribution in [3.8, 4) is 11.6 Å². The number of rotatable bonds is 4.